The van der Waals surface area contributed by atoms with Gasteiger partial charge in [-0.3, -0.25) is 9.98 Å². The van der Waals surface area contributed by atoms with Crippen LogP contribution in [0.2, 0.25) is 0 Å². The molecular weight excluding hydrogens is 347 g/mol. The first-order valence-corrected chi connectivity index (χ1v) is 9.28. The topological polar surface area (TPSA) is 49.6 Å². The van der Waals surface area contributed by atoms with Crippen LogP contribution in [0.15, 0.2) is 70.1 Å². The van der Waals surface area contributed by atoms with Crippen molar-refractivity contribution in [2.45, 2.75) is 13.0 Å². The summed E-state index contributed by atoms with van der Waals surface area (Å²) in [4.78, 5) is 15.2. The van der Waals surface area contributed by atoms with E-state index in [-0.39, 0.29) is 11.9 Å². The van der Waals surface area contributed by atoms with Crippen molar-refractivity contribution >= 4 is 28.7 Å². The Labute approximate surface area is 155 Å². The van der Waals surface area contributed by atoms with Crippen molar-refractivity contribution in [3.8, 4) is 0 Å². The molecular formula is C20H17FN4S. The van der Waals surface area contributed by atoms with Crippen LogP contribution >= 0.6 is 11.3 Å². The van der Waals surface area contributed by atoms with Gasteiger partial charge >= 0.3 is 0 Å². The molecule has 26 heavy (non-hydrogen) atoms. The third-order valence-electron chi connectivity index (χ3n) is 4.07. The lowest BCUT2D eigenvalue weighted by molar-refractivity contribution is 0.627. The quantitative estimate of drug-likeness (QED) is 0.732. The van der Waals surface area contributed by atoms with Gasteiger partial charge in [0.1, 0.15) is 23.5 Å². The number of benzene rings is 1. The van der Waals surface area contributed by atoms with E-state index in [4.69, 9.17) is 4.99 Å². The molecule has 0 spiro atoms. The summed E-state index contributed by atoms with van der Waals surface area (Å²) in [5.41, 5.74) is 2.26. The Balaban J connectivity index is 1.95. The van der Waals surface area contributed by atoms with Gasteiger partial charge in [0.05, 0.1) is 5.71 Å². The number of pyridine rings is 1. The highest BCUT2D eigenvalue weighted by atomic mass is 32.1. The number of nitrogens with one attached hydrogen (secondary N) is 1. The summed E-state index contributed by atoms with van der Waals surface area (Å²) in [7, 11) is 0. The summed E-state index contributed by atoms with van der Waals surface area (Å²) in [6, 6.07) is 14.1. The van der Waals surface area contributed by atoms with Crippen LogP contribution in [0.4, 0.5) is 10.2 Å². The monoisotopic (exact) mass is 364 g/mol. The smallest absolute Gasteiger partial charge is 0.142 e. The van der Waals surface area contributed by atoms with Crippen molar-refractivity contribution in [2.24, 2.45) is 9.98 Å². The van der Waals surface area contributed by atoms with E-state index in [2.05, 4.69) is 15.3 Å². The first kappa shape index (κ1) is 16.6. The van der Waals surface area contributed by atoms with Crippen molar-refractivity contribution in [2.75, 3.05) is 11.9 Å². The van der Waals surface area contributed by atoms with E-state index in [0.717, 1.165) is 21.8 Å². The third-order valence-corrected chi connectivity index (χ3v) is 4.99. The summed E-state index contributed by atoms with van der Waals surface area (Å²) < 4.78 is 13.9. The number of rotatable bonds is 3. The van der Waals surface area contributed by atoms with Gasteiger partial charge in [0.15, 0.2) is 0 Å². The van der Waals surface area contributed by atoms with E-state index >= 15 is 0 Å². The van der Waals surface area contributed by atoms with Crippen LogP contribution < -0.4 is 5.32 Å². The van der Waals surface area contributed by atoms with Crippen molar-refractivity contribution < 1.29 is 4.39 Å². The standard InChI is InChI=1S/C20H17FN4S/c1-2-22-20-18(16-9-5-11-26-16)24-17(13-6-3-7-14(21)12-13)15-8-4-10-23-19(15)25-20/h3-12,18H,2H2,1H3,(H,22,23,25). The second-order valence-electron chi connectivity index (χ2n) is 5.79. The second kappa shape index (κ2) is 7.17. The fourth-order valence-corrected chi connectivity index (χ4v) is 3.72. The Kier molecular flexibility index (Phi) is 4.58. The van der Waals surface area contributed by atoms with Gasteiger partial charge in [-0.1, -0.05) is 18.2 Å². The van der Waals surface area contributed by atoms with Gasteiger partial charge in [-0.05, 0) is 42.6 Å². The predicted molar refractivity (Wildman–Crippen MR) is 105 cm³/mol. The van der Waals surface area contributed by atoms with Crippen molar-refractivity contribution in [1.29, 1.82) is 0 Å². The lowest BCUT2D eigenvalue weighted by atomic mass is 10.0. The largest absolute Gasteiger partial charge is 0.326 e. The number of amidine groups is 1. The number of nitrogens with zero attached hydrogens (tertiary/aromatic N) is 3. The molecule has 130 valence electrons. The molecule has 4 rings (SSSR count). The lowest BCUT2D eigenvalue weighted by Crippen LogP contribution is -2.19. The van der Waals surface area contributed by atoms with Gasteiger partial charge in [-0.15, -0.1) is 11.3 Å². The van der Waals surface area contributed by atoms with Crippen LogP contribution in [0.25, 0.3) is 0 Å². The minimum absolute atomic E-state index is 0.276. The molecule has 0 bridgehead atoms. The summed E-state index contributed by atoms with van der Waals surface area (Å²) in [5.74, 6) is 1.14. The van der Waals surface area contributed by atoms with Gasteiger partial charge in [0.2, 0.25) is 0 Å². The highest BCUT2D eigenvalue weighted by Gasteiger charge is 2.26. The number of anilines is 1. The molecule has 1 aliphatic heterocycles. The maximum Gasteiger partial charge on any atom is 0.142 e. The summed E-state index contributed by atoms with van der Waals surface area (Å²) >= 11 is 1.63. The van der Waals surface area contributed by atoms with Crippen LogP contribution in [0, 0.1) is 5.82 Å². The number of hydrogen-bond donors (Lipinski definition) is 1. The van der Waals surface area contributed by atoms with Crippen LogP contribution in [-0.2, 0) is 0 Å². The minimum atomic E-state index is -0.289. The number of aliphatic imine (C=N–C) groups is 2. The first-order valence-electron chi connectivity index (χ1n) is 8.40. The average Bonchev–Trinajstić information content (AvgIpc) is 3.12. The number of thiophene rings is 1. The molecule has 0 amide bonds. The van der Waals surface area contributed by atoms with Crippen molar-refractivity contribution in [3.63, 3.8) is 0 Å². The fourth-order valence-electron chi connectivity index (χ4n) is 2.95. The normalized spacial score (nSPS) is 18.0. The summed E-state index contributed by atoms with van der Waals surface area (Å²) in [5, 5.41) is 5.37. The van der Waals surface area contributed by atoms with E-state index in [1.807, 2.05) is 42.6 Å². The van der Waals surface area contributed by atoms with E-state index in [0.29, 0.717) is 18.1 Å². The van der Waals surface area contributed by atoms with Gasteiger partial charge in [0.25, 0.3) is 0 Å². The van der Waals surface area contributed by atoms with E-state index in [1.165, 1.54) is 12.1 Å². The molecule has 1 N–H and O–H groups in total. The molecule has 1 atom stereocenters. The van der Waals surface area contributed by atoms with Gasteiger partial charge in [0, 0.05) is 28.7 Å². The number of fused-ring (bicyclic) bond motifs is 1. The van der Waals surface area contributed by atoms with E-state index < -0.39 is 0 Å². The Hall–Kier alpha value is -2.86. The fraction of sp³-hybridized carbons (Fsp3) is 0.150. The third kappa shape index (κ3) is 3.15. The molecule has 3 heterocycles. The van der Waals surface area contributed by atoms with Crippen LogP contribution in [-0.4, -0.2) is 23.1 Å². The Morgan fingerprint density at radius 1 is 1.19 bits per heavy atom. The molecule has 1 aromatic carbocycles. The lowest BCUT2D eigenvalue weighted by Gasteiger charge is -2.13. The van der Waals surface area contributed by atoms with Crippen molar-refractivity contribution in [3.05, 3.63) is 81.9 Å². The van der Waals surface area contributed by atoms with E-state index in [1.54, 1.807) is 23.6 Å². The van der Waals surface area contributed by atoms with Gasteiger partial charge in [-0.25, -0.2) is 9.37 Å². The molecule has 4 nitrogen and oxygen atoms in total. The molecule has 0 radical (unpaired) electrons. The Bertz CT molecular complexity index is 979. The Morgan fingerprint density at radius 3 is 2.88 bits per heavy atom. The first-order chi connectivity index (χ1) is 12.8. The van der Waals surface area contributed by atoms with Crippen LogP contribution in [0.3, 0.4) is 0 Å². The minimum Gasteiger partial charge on any atom is -0.326 e. The summed E-state index contributed by atoms with van der Waals surface area (Å²) in [6.07, 6.45) is 1.73. The second-order valence-corrected chi connectivity index (χ2v) is 6.77. The van der Waals surface area contributed by atoms with Crippen LogP contribution in [0.5, 0.6) is 0 Å². The number of aromatic nitrogens is 1. The van der Waals surface area contributed by atoms with Gasteiger partial charge in [-0.2, -0.15) is 0 Å². The summed E-state index contributed by atoms with van der Waals surface area (Å²) in [6.45, 7) is 2.62. The molecule has 0 saturated carbocycles. The zero-order valence-corrected chi connectivity index (χ0v) is 15.0. The maximum absolute atomic E-state index is 13.9. The highest BCUT2D eigenvalue weighted by molar-refractivity contribution is 7.10. The molecule has 3 aromatic rings. The molecule has 0 fully saturated rings. The molecule has 1 unspecified atom stereocenters. The SMILES string of the molecule is CCN=C1Nc2ncccc2C(c2cccc(F)c2)=NC1c1cccs1. The van der Waals surface area contributed by atoms with Crippen molar-refractivity contribution in [1.82, 2.24) is 4.98 Å². The average molecular weight is 364 g/mol. The molecule has 0 aliphatic carbocycles. The highest BCUT2D eigenvalue weighted by Crippen LogP contribution is 2.31. The van der Waals surface area contributed by atoms with Gasteiger partial charge < -0.3 is 5.32 Å². The number of hydrogen-bond acceptors (Lipinski definition) is 4. The predicted octanol–water partition coefficient (Wildman–Crippen LogP) is 4.70. The zero-order valence-electron chi connectivity index (χ0n) is 14.2. The maximum atomic E-state index is 13.9. The molecule has 6 heteroatoms. The Morgan fingerprint density at radius 2 is 2.12 bits per heavy atom. The van der Waals surface area contributed by atoms with E-state index in [9.17, 15) is 4.39 Å². The molecule has 0 saturated heterocycles. The zero-order chi connectivity index (χ0) is 17.9. The molecule has 1 aliphatic rings. The van der Waals surface area contributed by atoms with Crippen LogP contribution in [0.1, 0.15) is 29.0 Å². The molecule has 2 aromatic heterocycles. The number of halogens is 1.